The van der Waals surface area contributed by atoms with Crippen molar-refractivity contribution in [3.05, 3.63) is 29.3 Å². The zero-order chi connectivity index (χ0) is 16.9. The standard InChI is InChI=1S/C19H35N4/c1-16(20-2)18-8-7-17-9-12-22(19(17)15-18)13-11-21-10-6-14-23(3,4)5/h7-8,15-16,20-21H,6,9-14H2,1-5H3/q+1. The largest absolute Gasteiger partial charge is 0.370 e. The van der Waals surface area contributed by atoms with E-state index in [2.05, 4.69) is 61.8 Å². The molecule has 130 valence electrons. The number of fused-ring (bicyclic) bond motifs is 1. The Bertz CT molecular complexity index is 493. The number of nitrogens with zero attached hydrogens (tertiary/aromatic N) is 2. The molecule has 1 aromatic carbocycles. The van der Waals surface area contributed by atoms with Gasteiger partial charge < -0.3 is 20.0 Å². The summed E-state index contributed by atoms with van der Waals surface area (Å²) < 4.78 is 1.05. The van der Waals surface area contributed by atoms with E-state index < -0.39 is 0 Å². The van der Waals surface area contributed by atoms with Crippen LogP contribution in [0, 0.1) is 0 Å². The number of quaternary nitrogens is 1. The lowest BCUT2D eigenvalue weighted by molar-refractivity contribution is -0.870. The summed E-state index contributed by atoms with van der Waals surface area (Å²) in [7, 11) is 8.79. The first-order valence-corrected chi connectivity index (χ1v) is 8.97. The van der Waals surface area contributed by atoms with Crippen molar-refractivity contribution >= 4 is 5.69 Å². The maximum absolute atomic E-state index is 3.60. The molecule has 0 saturated carbocycles. The number of hydrogen-bond donors (Lipinski definition) is 2. The summed E-state index contributed by atoms with van der Waals surface area (Å²) in [5, 5.41) is 6.93. The Morgan fingerprint density at radius 1 is 1.22 bits per heavy atom. The Morgan fingerprint density at radius 2 is 2.00 bits per heavy atom. The molecule has 4 heteroatoms. The SMILES string of the molecule is CNC(C)c1ccc2c(c1)N(CCNCCC[N+](C)(C)C)CC2. The van der Waals surface area contributed by atoms with Gasteiger partial charge in [0.15, 0.2) is 0 Å². The topological polar surface area (TPSA) is 27.3 Å². The monoisotopic (exact) mass is 319 g/mol. The van der Waals surface area contributed by atoms with Gasteiger partial charge in [0.05, 0.1) is 27.7 Å². The summed E-state index contributed by atoms with van der Waals surface area (Å²) in [5.74, 6) is 0. The van der Waals surface area contributed by atoms with E-state index in [1.54, 1.807) is 0 Å². The molecule has 0 spiro atoms. The summed E-state index contributed by atoms with van der Waals surface area (Å²) in [5.41, 5.74) is 4.33. The summed E-state index contributed by atoms with van der Waals surface area (Å²) in [6.07, 6.45) is 2.43. The Kier molecular flexibility index (Phi) is 6.45. The predicted molar refractivity (Wildman–Crippen MR) is 100 cm³/mol. The lowest BCUT2D eigenvalue weighted by atomic mass is 10.0. The van der Waals surface area contributed by atoms with Crippen molar-refractivity contribution < 1.29 is 4.48 Å². The maximum Gasteiger partial charge on any atom is 0.0792 e. The minimum absolute atomic E-state index is 0.413. The first-order chi connectivity index (χ1) is 10.9. The van der Waals surface area contributed by atoms with E-state index in [1.807, 2.05) is 7.05 Å². The fraction of sp³-hybridized carbons (Fsp3) is 0.684. The molecule has 1 unspecified atom stereocenters. The molecular weight excluding hydrogens is 284 g/mol. The van der Waals surface area contributed by atoms with Crippen molar-refractivity contribution in [1.82, 2.24) is 10.6 Å². The molecule has 0 amide bonds. The van der Waals surface area contributed by atoms with Crippen molar-refractivity contribution in [2.24, 2.45) is 0 Å². The molecule has 1 atom stereocenters. The van der Waals surface area contributed by atoms with E-state index in [0.717, 1.165) is 30.7 Å². The highest BCUT2D eigenvalue weighted by Gasteiger charge is 2.19. The molecular formula is C19H35N4+. The number of nitrogens with one attached hydrogen (secondary N) is 2. The van der Waals surface area contributed by atoms with Crippen molar-refractivity contribution in [3.8, 4) is 0 Å². The Morgan fingerprint density at radius 3 is 2.70 bits per heavy atom. The third-order valence-corrected chi connectivity index (χ3v) is 4.78. The maximum atomic E-state index is 3.60. The van der Waals surface area contributed by atoms with Crippen LogP contribution in [0.4, 0.5) is 5.69 Å². The average molecular weight is 320 g/mol. The normalized spacial score (nSPS) is 15.8. The van der Waals surface area contributed by atoms with Gasteiger partial charge in [0, 0.05) is 44.3 Å². The van der Waals surface area contributed by atoms with Gasteiger partial charge in [0.1, 0.15) is 0 Å². The van der Waals surface area contributed by atoms with Crippen LogP contribution in [-0.4, -0.2) is 65.4 Å². The zero-order valence-corrected chi connectivity index (χ0v) is 15.7. The van der Waals surface area contributed by atoms with Crippen LogP contribution in [0.1, 0.15) is 30.5 Å². The van der Waals surface area contributed by atoms with Gasteiger partial charge >= 0.3 is 0 Å². The second-order valence-electron chi connectivity index (χ2n) is 7.75. The summed E-state index contributed by atoms with van der Waals surface area (Å²) in [6, 6.07) is 7.37. The molecule has 0 aromatic heterocycles. The third kappa shape index (κ3) is 5.48. The van der Waals surface area contributed by atoms with E-state index in [1.165, 1.54) is 36.2 Å². The van der Waals surface area contributed by atoms with Crippen molar-refractivity contribution in [1.29, 1.82) is 0 Å². The quantitative estimate of drug-likeness (QED) is 0.539. The molecule has 0 aliphatic carbocycles. The highest BCUT2D eigenvalue weighted by Crippen LogP contribution is 2.30. The molecule has 23 heavy (non-hydrogen) atoms. The van der Waals surface area contributed by atoms with Crippen LogP contribution in [0.25, 0.3) is 0 Å². The number of hydrogen-bond acceptors (Lipinski definition) is 3. The van der Waals surface area contributed by atoms with Gasteiger partial charge in [-0.15, -0.1) is 0 Å². The van der Waals surface area contributed by atoms with Crippen molar-refractivity contribution in [2.75, 3.05) is 65.8 Å². The van der Waals surface area contributed by atoms with Gasteiger partial charge in [-0.25, -0.2) is 0 Å². The fourth-order valence-electron chi connectivity index (χ4n) is 3.15. The van der Waals surface area contributed by atoms with E-state index in [0.29, 0.717) is 6.04 Å². The molecule has 1 heterocycles. The van der Waals surface area contributed by atoms with Crippen LogP contribution >= 0.6 is 0 Å². The van der Waals surface area contributed by atoms with E-state index in [-0.39, 0.29) is 0 Å². The third-order valence-electron chi connectivity index (χ3n) is 4.78. The van der Waals surface area contributed by atoms with Gasteiger partial charge in [0.25, 0.3) is 0 Å². The Balaban J connectivity index is 1.78. The fourth-order valence-corrected chi connectivity index (χ4v) is 3.15. The first kappa shape index (κ1) is 18.2. The Hall–Kier alpha value is -1.10. The number of rotatable bonds is 9. The Labute approximate surface area is 142 Å². The second kappa shape index (κ2) is 8.13. The van der Waals surface area contributed by atoms with Gasteiger partial charge in [-0.1, -0.05) is 12.1 Å². The van der Waals surface area contributed by atoms with Gasteiger partial charge in [-0.05, 0) is 37.6 Å². The van der Waals surface area contributed by atoms with Crippen LogP contribution in [0.5, 0.6) is 0 Å². The zero-order valence-electron chi connectivity index (χ0n) is 15.7. The summed E-state index contributed by atoms with van der Waals surface area (Å²) in [4.78, 5) is 2.54. The molecule has 2 rings (SSSR count). The number of anilines is 1. The average Bonchev–Trinajstić information content (AvgIpc) is 2.91. The van der Waals surface area contributed by atoms with E-state index in [4.69, 9.17) is 0 Å². The molecule has 0 bridgehead atoms. The molecule has 1 aliphatic heterocycles. The van der Waals surface area contributed by atoms with Crippen molar-refractivity contribution in [2.45, 2.75) is 25.8 Å². The lowest BCUT2D eigenvalue weighted by Gasteiger charge is -2.24. The predicted octanol–water partition coefficient (Wildman–Crippen LogP) is 2.02. The minimum atomic E-state index is 0.413. The van der Waals surface area contributed by atoms with Crippen LogP contribution in [0.2, 0.25) is 0 Å². The minimum Gasteiger partial charge on any atom is -0.370 e. The first-order valence-electron chi connectivity index (χ1n) is 8.97. The van der Waals surface area contributed by atoms with E-state index in [9.17, 15) is 0 Å². The lowest BCUT2D eigenvalue weighted by Crippen LogP contribution is -2.37. The van der Waals surface area contributed by atoms with Gasteiger partial charge in [-0.2, -0.15) is 0 Å². The second-order valence-corrected chi connectivity index (χ2v) is 7.75. The highest BCUT2D eigenvalue weighted by atomic mass is 15.3. The molecule has 1 aliphatic rings. The van der Waals surface area contributed by atoms with Crippen LogP contribution in [-0.2, 0) is 6.42 Å². The van der Waals surface area contributed by atoms with Crippen molar-refractivity contribution in [3.63, 3.8) is 0 Å². The van der Waals surface area contributed by atoms with Gasteiger partial charge in [0.2, 0.25) is 0 Å². The van der Waals surface area contributed by atoms with Crippen LogP contribution in [0.3, 0.4) is 0 Å². The molecule has 0 fully saturated rings. The molecule has 0 saturated heterocycles. The molecule has 1 aromatic rings. The smallest absolute Gasteiger partial charge is 0.0792 e. The van der Waals surface area contributed by atoms with Gasteiger partial charge in [-0.3, -0.25) is 0 Å². The van der Waals surface area contributed by atoms with E-state index >= 15 is 0 Å². The molecule has 2 N–H and O–H groups in total. The summed E-state index contributed by atoms with van der Waals surface area (Å²) in [6.45, 7) is 7.90. The number of benzene rings is 1. The molecule has 0 radical (unpaired) electrons. The highest BCUT2D eigenvalue weighted by molar-refractivity contribution is 5.59. The molecule has 4 nitrogen and oxygen atoms in total. The van der Waals surface area contributed by atoms with Crippen LogP contribution < -0.4 is 15.5 Å². The van der Waals surface area contributed by atoms with Crippen LogP contribution in [0.15, 0.2) is 18.2 Å². The summed E-state index contributed by atoms with van der Waals surface area (Å²) >= 11 is 0.